The maximum Gasteiger partial charge on any atom is 0.183 e. The summed E-state index contributed by atoms with van der Waals surface area (Å²) in [5.74, 6) is 0.429. The van der Waals surface area contributed by atoms with Crippen LogP contribution in [0.3, 0.4) is 0 Å². The van der Waals surface area contributed by atoms with Gasteiger partial charge in [-0.15, -0.1) is 0 Å². The van der Waals surface area contributed by atoms with E-state index in [9.17, 15) is 5.11 Å². The van der Waals surface area contributed by atoms with Crippen molar-refractivity contribution in [3.05, 3.63) is 48.0 Å². The molecule has 1 atom stereocenters. The number of nitrogens with zero attached hydrogens (tertiary/aromatic N) is 3. The van der Waals surface area contributed by atoms with Gasteiger partial charge in [0.05, 0.1) is 0 Å². The Bertz CT molecular complexity index is 410. The smallest absolute Gasteiger partial charge is 0.183 e. The first-order valence-corrected chi connectivity index (χ1v) is 4.36. The first kappa shape index (κ1) is 8.90. The van der Waals surface area contributed by atoms with Crippen LogP contribution >= 0.6 is 0 Å². The number of aliphatic hydroxyl groups is 1. The van der Waals surface area contributed by atoms with E-state index in [-0.39, 0.29) is 0 Å². The Labute approximate surface area is 81.8 Å². The van der Waals surface area contributed by atoms with E-state index >= 15 is 0 Å². The predicted octanol–water partition coefficient (Wildman–Crippen LogP) is 0.897. The van der Waals surface area contributed by atoms with Crippen molar-refractivity contribution in [2.45, 2.75) is 6.10 Å². The highest BCUT2D eigenvalue weighted by Crippen LogP contribution is 2.17. The average molecular weight is 189 g/mol. The highest BCUT2D eigenvalue weighted by molar-refractivity contribution is 5.21. The minimum atomic E-state index is -0.739. The molecule has 0 radical (unpaired) electrons. The molecular formula is C10H11N3O. The molecule has 1 heterocycles. The van der Waals surface area contributed by atoms with Crippen molar-refractivity contribution >= 4 is 0 Å². The van der Waals surface area contributed by atoms with Crippen molar-refractivity contribution in [3.8, 4) is 0 Å². The van der Waals surface area contributed by atoms with Gasteiger partial charge in [-0.3, -0.25) is 4.68 Å². The molecule has 2 rings (SSSR count). The zero-order chi connectivity index (χ0) is 9.97. The van der Waals surface area contributed by atoms with Gasteiger partial charge in [0.15, 0.2) is 5.82 Å². The Morgan fingerprint density at radius 2 is 2.00 bits per heavy atom. The largest absolute Gasteiger partial charge is 0.380 e. The SMILES string of the molecule is Cn1cnc(C(O)c2ccccc2)n1. The first-order chi connectivity index (χ1) is 6.77. The topological polar surface area (TPSA) is 50.9 Å². The number of hydrogen-bond acceptors (Lipinski definition) is 3. The molecule has 1 N–H and O–H groups in total. The molecule has 72 valence electrons. The van der Waals surface area contributed by atoms with Gasteiger partial charge in [0.25, 0.3) is 0 Å². The van der Waals surface area contributed by atoms with Gasteiger partial charge in [0.2, 0.25) is 0 Å². The average Bonchev–Trinajstić information content (AvgIpc) is 2.65. The van der Waals surface area contributed by atoms with Crippen LogP contribution in [0.1, 0.15) is 17.5 Å². The standard InChI is InChI=1S/C10H11N3O/c1-13-7-11-10(12-13)9(14)8-5-3-2-4-6-8/h2-7,9,14H,1H3. The summed E-state index contributed by atoms with van der Waals surface area (Å²) >= 11 is 0. The van der Waals surface area contributed by atoms with Crippen molar-refractivity contribution in [2.75, 3.05) is 0 Å². The third-order valence-electron chi connectivity index (χ3n) is 1.98. The third kappa shape index (κ3) is 1.65. The number of rotatable bonds is 2. The van der Waals surface area contributed by atoms with Crippen molar-refractivity contribution in [1.29, 1.82) is 0 Å². The molecule has 0 aliphatic rings. The molecule has 1 unspecified atom stereocenters. The second-order valence-electron chi connectivity index (χ2n) is 3.09. The number of benzene rings is 1. The molecule has 0 fully saturated rings. The van der Waals surface area contributed by atoms with Crippen LogP contribution in [0.4, 0.5) is 0 Å². The van der Waals surface area contributed by atoms with E-state index in [0.29, 0.717) is 5.82 Å². The Kier molecular flexibility index (Phi) is 2.28. The Balaban J connectivity index is 2.29. The fourth-order valence-corrected chi connectivity index (χ4v) is 1.27. The minimum absolute atomic E-state index is 0.429. The number of hydrogen-bond donors (Lipinski definition) is 1. The summed E-state index contributed by atoms with van der Waals surface area (Å²) in [4.78, 5) is 3.99. The van der Waals surface area contributed by atoms with Gasteiger partial charge in [-0.05, 0) is 5.56 Å². The summed E-state index contributed by atoms with van der Waals surface area (Å²) in [6.45, 7) is 0. The first-order valence-electron chi connectivity index (χ1n) is 4.36. The fourth-order valence-electron chi connectivity index (χ4n) is 1.27. The van der Waals surface area contributed by atoms with Crippen LogP contribution in [0.5, 0.6) is 0 Å². The summed E-state index contributed by atoms with van der Waals surface area (Å²) in [6.07, 6.45) is 0.832. The normalized spacial score (nSPS) is 12.7. The molecule has 4 heteroatoms. The lowest BCUT2D eigenvalue weighted by atomic mass is 10.1. The van der Waals surface area contributed by atoms with Crippen LogP contribution in [0.15, 0.2) is 36.7 Å². The van der Waals surface area contributed by atoms with Crippen molar-refractivity contribution in [2.24, 2.45) is 7.05 Å². The Hall–Kier alpha value is -1.68. The van der Waals surface area contributed by atoms with Crippen LogP contribution in [-0.4, -0.2) is 19.9 Å². The monoisotopic (exact) mass is 189 g/mol. The van der Waals surface area contributed by atoms with Crippen LogP contribution in [0.2, 0.25) is 0 Å². The van der Waals surface area contributed by atoms with Gasteiger partial charge < -0.3 is 5.11 Å². The lowest BCUT2D eigenvalue weighted by molar-refractivity contribution is 0.209. The summed E-state index contributed by atoms with van der Waals surface area (Å²) < 4.78 is 1.57. The molecule has 0 bridgehead atoms. The zero-order valence-corrected chi connectivity index (χ0v) is 7.83. The van der Waals surface area contributed by atoms with Gasteiger partial charge >= 0.3 is 0 Å². The molecule has 14 heavy (non-hydrogen) atoms. The van der Waals surface area contributed by atoms with Crippen LogP contribution in [0, 0.1) is 0 Å². The van der Waals surface area contributed by atoms with Gasteiger partial charge in [-0.1, -0.05) is 30.3 Å². The molecule has 0 saturated carbocycles. The van der Waals surface area contributed by atoms with E-state index in [1.165, 1.54) is 0 Å². The predicted molar refractivity (Wildman–Crippen MR) is 51.5 cm³/mol. The summed E-state index contributed by atoms with van der Waals surface area (Å²) in [7, 11) is 1.77. The molecule has 0 amide bonds. The van der Waals surface area contributed by atoms with Crippen molar-refractivity contribution < 1.29 is 5.11 Å². The van der Waals surface area contributed by atoms with Gasteiger partial charge in [-0.2, -0.15) is 5.10 Å². The number of aryl methyl sites for hydroxylation is 1. The summed E-state index contributed by atoms with van der Waals surface area (Å²) in [5, 5.41) is 13.9. The van der Waals surface area contributed by atoms with Crippen LogP contribution in [0.25, 0.3) is 0 Å². The second-order valence-corrected chi connectivity index (χ2v) is 3.09. The fraction of sp³-hybridized carbons (Fsp3) is 0.200. The van der Waals surface area contributed by atoms with E-state index in [0.717, 1.165) is 5.56 Å². The maximum absolute atomic E-state index is 9.87. The molecule has 4 nitrogen and oxygen atoms in total. The van der Waals surface area contributed by atoms with E-state index in [2.05, 4.69) is 10.1 Å². The summed E-state index contributed by atoms with van der Waals surface area (Å²) in [6, 6.07) is 9.35. The highest BCUT2D eigenvalue weighted by Gasteiger charge is 2.13. The molecule has 0 aliphatic carbocycles. The van der Waals surface area contributed by atoms with Gasteiger partial charge in [0.1, 0.15) is 12.4 Å². The number of aliphatic hydroxyl groups excluding tert-OH is 1. The minimum Gasteiger partial charge on any atom is -0.380 e. The molecule has 2 aromatic rings. The zero-order valence-electron chi connectivity index (χ0n) is 7.83. The molecular weight excluding hydrogens is 178 g/mol. The van der Waals surface area contributed by atoms with Crippen LogP contribution in [-0.2, 0) is 7.05 Å². The van der Waals surface area contributed by atoms with Crippen LogP contribution < -0.4 is 0 Å². The quantitative estimate of drug-likeness (QED) is 0.763. The molecule has 1 aromatic heterocycles. The van der Waals surface area contributed by atoms with E-state index in [1.54, 1.807) is 18.1 Å². The van der Waals surface area contributed by atoms with E-state index < -0.39 is 6.10 Å². The van der Waals surface area contributed by atoms with Gasteiger partial charge in [-0.25, -0.2) is 4.98 Å². The lowest BCUT2D eigenvalue weighted by Crippen LogP contribution is -2.02. The molecule has 0 saturated heterocycles. The summed E-state index contributed by atoms with van der Waals surface area (Å²) in [5.41, 5.74) is 0.804. The Morgan fingerprint density at radius 1 is 1.29 bits per heavy atom. The molecule has 0 aliphatic heterocycles. The highest BCUT2D eigenvalue weighted by atomic mass is 16.3. The van der Waals surface area contributed by atoms with Gasteiger partial charge in [0, 0.05) is 7.05 Å². The molecule has 0 spiro atoms. The third-order valence-corrected chi connectivity index (χ3v) is 1.98. The lowest BCUT2D eigenvalue weighted by Gasteiger charge is -2.05. The molecule has 1 aromatic carbocycles. The Morgan fingerprint density at radius 3 is 2.57 bits per heavy atom. The van der Waals surface area contributed by atoms with E-state index in [4.69, 9.17) is 0 Å². The van der Waals surface area contributed by atoms with E-state index in [1.807, 2.05) is 30.3 Å². The van der Waals surface area contributed by atoms with Crippen molar-refractivity contribution in [3.63, 3.8) is 0 Å². The van der Waals surface area contributed by atoms with Crippen molar-refractivity contribution in [1.82, 2.24) is 14.8 Å². The second kappa shape index (κ2) is 3.59. The maximum atomic E-state index is 9.87. The number of aromatic nitrogens is 3.